The first-order valence-electron chi connectivity index (χ1n) is 9.65. The van der Waals surface area contributed by atoms with Gasteiger partial charge in [-0.1, -0.05) is 12.1 Å². The number of benzene rings is 1. The van der Waals surface area contributed by atoms with E-state index in [9.17, 15) is 14.0 Å². The summed E-state index contributed by atoms with van der Waals surface area (Å²) in [5, 5.41) is 19.3. The van der Waals surface area contributed by atoms with Crippen molar-refractivity contribution in [2.45, 2.75) is 31.8 Å². The van der Waals surface area contributed by atoms with Gasteiger partial charge in [-0.15, -0.1) is 0 Å². The third-order valence-corrected chi connectivity index (χ3v) is 4.53. The predicted octanol–water partition coefficient (Wildman–Crippen LogP) is 3.08. The number of pyridine rings is 1. The number of urea groups is 1. The van der Waals surface area contributed by atoms with Crippen molar-refractivity contribution in [2.24, 2.45) is 0 Å². The lowest BCUT2D eigenvalue weighted by atomic mass is 10.1. The molecule has 9 heteroatoms. The van der Waals surface area contributed by atoms with Crippen LogP contribution in [0.2, 0.25) is 0 Å². The second-order valence-electron chi connectivity index (χ2n) is 6.81. The Morgan fingerprint density at radius 1 is 1.30 bits per heavy atom. The molecule has 0 aliphatic carbocycles. The Morgan fingerprint density at radius 2 is 2.03 bits per heavy atom. The minimum atomic E-state index is -0.469. The number of carbonyl (C=O) groups is 2. The number of hydrogen-bond donors (Lipinski definition) is 5. The van der Waals surface area contributed by atoms with Gasteiger partial charge >= 0.3 is 6.03 Å². The molecule has 1 heterocycles. The molecule has 1 aromatic heterocycles. The summed E-state index contributed by atoms with van der Waals surface area (Å²) < 4.78 is 13.0. The molecule has 0 fully saturated rings. The van der Waals surface area contributed by atoms with Gasteiger partial charge in [-0.05, 0) is 50.7 Å². The van der Waals surface area contributed by atoms with Crippen molar-refractivity contribution in [2.75, 3.05) is 24.2 Å². The first-order chi connectivity index (χ1) is 14.5. The number of nitrogens with one attached hydrogen (secondary N) is 5. The highest BCUT2D eigenvalue weighted by Crippen LogP contribution is 2.19. The minimum Gasteiger partial charge on any atom is -0.380 e. The highest BCUT2D eigenvalue weighted by atomic mass is 19.1. The average molecular weight is 414 g/mol. The van der Waals surface area contributed by atoms with Gasteiger partial charge in [0, 0.05) is 24.2 Å². The van der Waals surface area contributed by atoms with Gasteiger partial charge < -0.3 is 26.2 Å². The van der Waals surface area contributed by atoms with Gasteiger partial charge in [0.05, 0.1) is 17.9 Å². The Kier molecular flexibility index (Phi) is 8.89. The fraction of sp³-hybridized carbons (Fsp3) is 0.333. The second kappa shape index (κ2) is 11.6. The maximum absolute atomic E-state index is 13.0. The molecule has 2 unspecified atom stereocenters. The number of aldehydes is 1. The van der Waals surface area contributed by atoms with Crippen LogP contribution in [0.15, 0.2) is 36.5 Å². The lowest BCUT2D eigenvalue weighted by Crippen LogP contribution is -2.31. The van der Waals surface area contributed by atoms with Crippen LogP contribution in [-0.4, -0.2) is 43.2 Å². The van der Waals surface area contributed by atoms with Crippen molar-refractivity contribution in [1.29, 1.82) is 5.41 Å². The molecule has 2 aromatic rings. The van der Waals surface area contributed by atoms with Crippen LogP contribution >= 0.6 is 0 Å². The van der Waals surface area contributed by atoms with E-state index in [1.165, 1.54) is 18.3 Å². The van der Waals surface area contributed by atoms with Crippen molar-refractivity contribution in [3.8, 4) is 0 Å². The van der Waals surface area contributed by atoms with Crippen LogP contribution in [0.4, 0.5) is 20.7 Å². The zero-order valence-corrected chi connectivity index (χ0v) is 17.0. The normalized spacial score (nSPS) is 12.5. The van der Waals surface area contributed by atoms with E-state index < -0.39 is 6.03 Å². The summed E-state index contributed by atoms with van der Waals surface area (Å²) in [4.78, 5) is 27.4. The molecule has 0 saturated heterocycles. The average Bonchev–Trinajstić information content (AvgIpc) is 2.73. The molecule has 0 radical (unpaired) electrons. The molecule has 2 rings (SSSR count). The third-order valence-electron chi connectivity index (χ3n) is 4.53. The number of nitrogens with zero attached hydrogens (tertiary/aromatic N) is 1. The second-order valence-corrected chi connectivity index (χ2v) is 6.81. The number of hydrogen-bond acceptors (Lipinski definition) is 6. The molecular formula is C21H27FN6O2. The van der Waals surface area contributed by atoms with Crippen LogP contribution in [-0.2, 0) is 4.79 Å². The van der Waals surface area contributed by atoms with E-state index in [-0.39, 0.29) is 23.7 Å². The van der Waals surface area contributed by atoms with E-state index in [1.807, 2.05) is 7.05 Å². The molecule has 1 aromatic carbocycles. The molecule has 8 nitrogen and oxygen atoms in total. The molecule has 30 heavy (non-hydrogen) atoms. The Morgan fingerprint density at radius 3 is 2.67 bits per heavy atom. The molecule has 160 valence electrons. The van der Waals surface area contributed by atoms with Crippen molar-refractivity contribution < 1.29 is 14.0 Å². The number of anilines is 2. The van der Waals surface area contributed by atoms with E-state index in [1.54, 1.807) is 25.1 Å². The number of aromatic nitrogens is 1. The van der Waals surface area contributed by atoms with E-state index >= 15 is 0 Å². The van der Waals surface area contributed by atoms with Gasteiger partial charge in [-0.3, -0.25) is 5.32 Å². The summed E-state index contributed by atoms with van der Waals surface area (Å²) in [5.74, 6) is -0.0566. The van der Waals surface area contributed by atoms with E-state index in [0.717, 1.165) is 31.0 Å². The first kappa shape index (κ1) is 23.0. The summed E-state index contributed by atoms with van der Waals surface area (Å²) in [7, 11) is 1.84. The Bertz CT molecular complexity index is 859. The largest absolute Gasteiger partial charge is 0.380 e. The fourth-order valence-corrected chi connectivity index (χ4v) is 2.87. The van der Waals surface area contributed by atoms with Crippen molar-refractivity contribution in [1.82, 2.24) is 15.6 Å². The van der Waals surface area contributed by atoms with Gasteiger partial charge in [0.1, 0.15) is 17.9 Å². The van der Waals surface area contributed by atoms with Gasteiger partial charge in [-0.25, -0.2) is 14.2 Å². The summed E-state index contributed by atoms with van der Waals surface area (Å²) in [6.07, 6.45) is 4.60. The SMILES string of the molecule is CNCCC(CC=O)Nc1cnc(NC(=O)NC(C)c2ccc(F)cc2)cc1C=N. The first-order valence-corrected chi connectivity index (χ1v) is 9.65. The lowest BCUT2D eigenvalue weighted by Gasteiger charge is -2.19. The number of carbonyl (C=O) groups excluding carboxylic acids is 2. The summed E-state index contributed by atoms with van der Waals surface area (Å²) >= 11 is 0. The quantitative estimate of drug-likeness (QED) is 0.286. The molecule has 0 aliphatic heterocycles. The number of rotatable bonds is 11. The maximum Gasteiger partial charge on any atom is 0.320 e. The lowest BCUT2D eigenvalue weighted by molar-refractivity contribution is -0.108. The fourth-order valence-electron chi connectivity index (χ4n) is 2.87. The molecule has 5 N–H and O–H groups in total. The molecule has 2 atom stereocenters. The highest BCUT2D eigenvalue weighted by Gasteiger charge is 2.13. The maximum atomic E-state index is 13.0. The molecule has 2 amide bonds. The topological polar surface area (TPSA) is 119 Å². The van der Waals surface area contributed by atoms with Gasteiger partial charge in [0.2, 0.25) is 0 Å². The zero-order chi connectivity index (χ0) is 21.9. The Hall–Kier alpha value is -3.33. The highest BCUT2D eigenvalue weighted by molar-refractivity contribution is 5.92. The van der Waals surface area contributed by atoms with Crippen LogP contribution in [0, 0.1) is 11.2 Å². The summed E-state index contributed by atoms with van der Waals surface area (Å²) in [5.41, 5.74) is 1.91. The van der Waals surface area contributed by atoms with E-state index in [2.05, 4.69) is 26.3 Å². The van der Waals surface area contributed by atoms with Crippen LogP contribution in [0.1, 0.15) is 36.9 Å². The Balaban J connectivity index is 2.02. The Labute approximate surface area is 175 Å². The van der Waals surface area contributed by atoms with Crippen molar-refractivity contribution >= 4 is 30.0 Å². The zero-order valence-electron chi connectivity index (χ0n) is 17.0. The van der Waals surface area contributed by atoms with E-state index in [4.69, 9.17) is 5.41 Å². The molecule has 0 bridgehead atoms. The number of amides is 2. The number of halogens is 1. The summed E-state index contributed by atoms with van der Waals surface area (Å²) in [6, 6.07) is 6.58. The van der Waals surface area contributed by atoms with Crippen molar-refractivity contribution in [3.63, 3.8) is 0 Å². The van der Waals surface area contributed by atoms with Gasteiger partial charge in [-0.2, -0.15) is 0 Å². The van der Waals surface area contributed by atoms with Crippen LogP contribution in [0.3, 0.4) is 0 Å². The molecule has 0 saturated carbocycles. The minimum absolute atomic E-state index is 0.0888. The van der Waals surface area contributed by atoms with Crippen LogP contribution < -0.4 is 21.3 Å². The molecule has 0 spiro atoms. The standard InChI is InChI=1S/C21H27FN6O2/c1-14(15-3-5-17(22)6-4-15)26-21(30)28-20-11-16(12-23)19(13-25-20)27-18(8-10-29)7-9-24-2/h3-6,10-14,18,23-24,27H,7-9H2,1-2H3,(H2,25,26,28,30). The van der Waals surface area contributed by atoms with Gasteiger partial charge in [0.25, 0.3) is 0 Å². The van der Waals surface area contributed by atoms with Crippen LogP contribution in [0.5, 0.6) is 0 Å². The van der Waals surface area contributed by atoms with Gasteiger partial charge in [0.15, 0.2) is 0 Å². The summed E-state index contributed by atoms with van der Waals surface area (Å²) in [6.45, 7) is 2.53. The van der Waals surface area contributed by atoms with Crippen LogP contribution in [0.25, 0.3) is 0 Å². The molecule has 0 aliphatic rings. The predicted molar refractivity (Wildman–Crippen MR) is 116 cm³/mol. The smallest absolute Gasteiger partial charge is 0.320 e. The van der Waals surface area contributed by atoms with Crippen molar-refractivity contribution in [3.05, 3.63) is 53.5 Å². The third kappa shape index (κ3) is 6.93. The molecular weight excluding hydrogens is 387 g/mol. The monoisotopic (exact) mass is 414 g/mol. The van der Waals surface area contributed by atoms with E-state index in [0.29, 0.717) is 17.7 Å².